The summed E-state index contributed by atoms with van der Waals surface area (Å²) in [5.74, 6) is 1.19. The molecule has 4 rings (SSSR count). The first-order chi connectivity index (χ1) is 17.7. The van der Waals surface area contributed by atoms with E-state index in [2.05, 4.69) is 0 Å². The van der Waals surface area contributed by atoms with Crippen LogP contribution < -0.4 is 9.47 Å². The third kappa shape index (κ3) is 6.52. The molecule has 2 aromatic carbocycles. The van der Waals surface area contributed by atoms with Crippen molar-refractivity contribution < 1.29 is 22.7 Å². The van der Waals surface area contributed by atoms with Crippen LogP contribution in [0.4, 0.5) is 0 Å². The fraction of sp³-hybridized carbons (Fsp3) is 0.393. The Hall–Kier alpha value is -2.88. The lowest BCUT2D eigenvalue weighted by atomic mass is 10.1. The second-order valence-electron chi connectivity index (χ2n) is 9.59. The number of carbonyl (C=O) groups is 1. The summed E-state index contributed by atoms with van der Waals surface area (Å²) in [5, 5.41) is 2.00. The van der Waals surface area contributed by atoms with E-state index in [1.807, 2.05) is 57.3 Å². The quantitative estimate of drug-likeness (QED) is 0.326. The lowest BCUT2D eigenvalue weighted by Gasteiger charge is -2.29. The fourth-order valence-electron chi connectivity index (χ4n) is 4.07. The molecule has 0 radical (unpaired) electrons. The van der Waals surface area contributed by atoms with Gasteiger partial charge in [-0.1, -0.05) is 44.0 Å². The number of thiophene rings is 1. The van der Waals surface area contributed by atoms with Gasteiger partial charge in [0.2, 0.25) is 22.7 Å². The van der Waals surface area contributed by atoms with Crippen LogP contribution in [0.1, 0.15) is 41.8 Å². The number of amides is 1. The summed E-state index contributed by atoms with van der Waals surface area (Å²) in [4.78, 5) is 16.8. The molecule has 0 spiro atoms. The normalized spacial score (nSPS) is 13.6. The molecule has 0 fully saturated rings. The first-order valence-electron chi connectivity index (χ1n) is 12.4. The van der Waals surface area contributed by atoms with Crippen molar-refractivity contribution in [2.75, 3.05) is 19.9 Å². The Labute approximate surface area is 223 Å². The van der Waals surface area contributed by atoms with Gasteiger partial charge in [-0.2, -0.15) is 4.31 Å². The Balaban J connectivity index is 1.62. The van der Waals surface area contributed by atoms with Gasteiger partial charge in [0, 0.05) is 18.0 Å². The van der Waals surface area contributed by atoms with Crippen LogP contribution in [0.5, 0.6) is 11.5 Å². The van der Waals surface area contributed by atoms with Gasteiger partial charge in [0.05, 0.1) is 18.0 Å². The number of sulfonamides is 1. The number of rotatable bonds is 11. The van der Waals surface area contributed by atoms with Crippen molar-refractivity contribution in [3.63, 3.8) is 0 Å². The van der Waals surface area contributed by atoms with Gasteiger partial charge in [-0.25, -0.2) is 8.42 Å². The van der Waals surface area contributed by atoms with Crippen LogP contribution in [-0.2, 0) is 27.9 Å². The number of carbonyl (C=O) groups excluding carboxylic acids is 1. The number of aryl methyl sites for hydroxylation is 2. The minimum atomic E-state index is -3.85. The summed E-state index contributed by atoms with van der Waals surface area (Å²) >= 11 is 1.59. The van der Waals surface area contributed by atoms with Crippen LogP contribution in [-0.4, -0.2) is 43.4 Å². The highest BCUT2D eigenvalue weighted by Gasteiger charge is 2.30. The zero-order chi connectivity index (χ0) is 26.6. The highest BCUT2D eigenvalue weighted by Crippen LogP contribution is 2.33. The minimum Gasteiger partial charge on any atom is -0.454 e. The Morgan fingerprint density at radius 1 is 1.03 bits per heavy atom. The standard InChI is InChI=1S/C28H34N2O5S2/c1-5-20(2)15-30(37(32,33)24-9-6-21(3)7-10-24)18-28(31)29(17-27-22(4)12-13-36-27)16-23-8-11-25-26(14-23)35-19-34-25/h6-14,20H,5,15-19H2,1-4H3/t20-/m1/s1. The first kappa shape index (κ1) is 27.2. The van der Waals surface area contributed by atoms with E-state index in [9.17, 15) is 13.2 Å². The summed E-state index contributed by atoms with van der Waals surface area (Å²) in [6.45, 7) is 8.91. The van der Waals surface area contributed by atoms with Gasteiger partial charge < -0.3 is 14.4 Å². The Bertz CT molecular complexity index is 1330. The van der Waals surface area contributed by atoms with Gasteiger partial charge in [-0.3, -0.25) is 4.79 Å². The molecule has 1 aliphatic rings. The summed E-state index contributed by atoms with van der Waals surface area (Å²) in [6, 6.07) is 14.4. The molecule has 7 nitrogen and oxygen atoms in total. The third-order valence-electron chi connectivity index (χ3n) is 6.65. The van der Waals surface area contributed by atoms with Crippen molar-refractivity contribution in [3.8, 4) is 11.5 Å². The largest absolute Gasteiger partial charge is 0.454 e. The maximum atomic E-state index is 13.8. The van der Waals surface area contributed by atoms with Crippen LogP contribution in [0.15, 0.2) is 58.8 Å². The van der Waals surface area contributed by atoms with Gasteiger partial charge >= 0.3 is 0 Å². The summed E-state index contributed by atoms with van der Waals surface area (Å²) in [7, 11) is -3.85. The zero-order valence-electron chi connectivity index (χ0n) is 21.8. The van der Waals surface area contributed by atoms with Crippen LogP contribution >= 0.6 is 11.3 Å². The van der Waals surface area contributed by atoms with Crippen molar-refractivity contribution >= 4 is 27.3 Å². The molecule has 0 saturated heterocycles. The van der Waals surface area contributed by atoms with Gasteiger partial charge in [-0.05, 0) is 66.6 Å². The van der Waals surface area contributed by atoms with Crippen molar-refractivity contribution in [3.05, 3.63) is 75.5 Å². The maximum absolute atomic E-state index is 13.8. The maximum Gasteiger partial charge on any atom is 0.243 e. The molecule has 1 aromatic heterocycles. The van der Waals surface area contributed by atoms with E-state index in [1.165, 1.54) is 4.31 Å². The average Bonchev–Trinajstić information content (AvgIpc) is 3.51. The zero-order valence-corrected chi connectivity index (χ0v) is 23.4. The summed E-state index contributed by atoms with van der Waals surface area (Å²) in [5.41, 5.74) is 2.98. The second-order valence-corrected chi connectivity index (χ2v) is 12.5. The molecular formula is C28H34N2O5S2. The van der Waals surface area contributed by atoms with Gasteiger partial charge in [0.1, 0.15) is 0 Å². The predicted octanol–water partition coefficient (Wildman–Crippen LogP) is 5.36. The fourth-order valence-corrected chi connectivity index (χ4v) is 6.50. The van der Waals surface area contributed by atoms with Crippen molar-refractivity contribution in [1.82, 2.24) is 9.21 Å². The van der Waals surface area contributed by atoms with Crippen LogP contribution in [0.2, 0.25) is 0 Å². The predicted molar refractivity (Wildman–Crippen MR) is 145 cm³/mol. The highest BCUT2D eigenvalue weighted by atomic mass is 32.2. The Kier molecular flexibility index (Phi) is 8.56. The number of fused-ring (bicyclic) bond motifs is 1. The second kappa shape index (κ2) is 11.7. The molecule has 3 aromatic rings. The molecule has 1 aliphatic heterocycles. The number of ether oxygens (including phenoxy) is 2. The van der Waals surface area contributed by atoms with Crippen molar-refractivity contribution in [2.45, 2.75) is 52.1 Å². The van der Waals surface area contributed by atoms with E-state index in [0.717, 1.165) is 28.0 Å². The molecule has 0 unspecified atom stereocenters. The molecular weight excluding hydrogens is 508 g/mol. The van der Waals surface area contributed by atoms with Crippen LogP contribution in [0.25, 0.3) is 0 Å². The minimum absolute atomic E-state index is 0.106. The van der Waals surface area contributed by atoms with Gasteiger partial charge in [0.15, 0.2) is 11.5 Å². The molecule has 0 N–H and O–H groups in total. The Morgan fingerprint density at radius 3 is 2.43 bits per heavy atom. The van der Waals surface area contributed by atoms with E-state index in [0.29, 0.717) is 24.6 Å². The SMILES string of the molecule is CC[C@@H](C)CN(CC(=O)N(Cc1ccc2c(c1)OCO2)Cc1sccc1C)S(=O)(=O)c1ccc(C)cc1. The number of benzene rings is 2. The summed E-state index contributed by atoms with van der Waals surface area (Å²) in [6.07, 6.45) is 0.809. The van der Waals surface area contributed by atoms with Crippen molar-refractivity contribution in [2.24, 2.45) is 5.92 Å². The van der Waals surface area contributed by atoms with E-state index >= 15 is 0 Å². The molecule has 37 heavy (non-hydrogen) atoms. The van der Waals surface area contributed by atoms with Gasteiger partial charge in [0.25, 0.3) is 0 Å². The number of hydrogen-bond acceptors (Lipinski definition) is 6. The van der Waals surface area contributed by atoms with Crippen LogP contribution in [0.3, 0.4) is 0 Å². The van der Waals surface area contributed by atoms with Crippen LogP contribution in [0, 0.1) is 19.8 Å². The van der Waals surface area contributed by atoms with Crippen molar-refractivity contribution in [1.29, 1.82) is 0 Å². The van der Waals surface area contributed by atoms with E-state index in [-0.39, 0.29) is 36.6 Å². The van der Waals surface area contributed by atoms with E-state index in [4.69, 9.17) is 9.47 Å². The van der Waals surface area contributed by atoms with E-state index in [1.54, 1.807) is 40.5 Å². The molecule has 0 saturated carbocycles. The molecule has 1 amide bonds. The van der Waals surface area contributed by atoms with E-state index < -0.39 is 10.0 Å². The first-order valence-corrected chi connectivity index (χ1v) is 14.8. The number of hydrogen-bond donors (Lipinski definition) is 0. The summed E-state index contributed by atoms with van der Waals surface area (Å²) < 4.78 is 39.5. The average molecular weight is 543 g/mol. The smallest absolute Gasteiger partial charge is 0.243 e. The topological polar surface area (TPSA) is 76.2 Å². The Morgan fingerprint density at radius 2 is 1.76 bits per heavy atom. The monoisotopic (exact) mass is 542 g/mol. The number of nitrogens with zero attached hydrogens (tertiary/aromatic N) is 2. The molecule has 0 aliphatic carbocycles. The van der Waals surface area contributed by atoms with Gasteiger partial charge in [-0.15, -0.1) is 11.3 Å². The molecule has 9 heteroatoms. The molecule has 1 atom stereocenters. The third-order valence-corrected chi connectivity index (χ3v) is 9.48. The lowest BCUT2D eigenvalue weighted by molar-refractivity contribution is -0.132. The molecule has 198 valence electrons. The molecule has 0 bridgehead atoms. The molecule has 2 heterocycles. The lowest BCUT2D eigenvalue weighted by Crippen LogP contribution is -2.44. The highest BCUT2D eigenvalue weighted by molar-refractivity contribution is 7.89.